The molecule has 7 heteroatoms. The number of amides is 1. The Morgan fingerprint density at radius 2 is 1.79 bits per heavy atom. The zero-order valence-corrected chi connectivity index (χ0v) is 17.7. The molecule has 0 spiro atoms. The largest absolute Gasteiger partial charge is 0.618 e. The summed E-state index contributed by atoms with van der Waals surface area (Å²) in [6.45, 7) is 3.78. The first-order valence-corrected chi connectivity index (χ1v) is 10.8. The van der Waals surface area contributed by atoms with Gasteiger partial charge in [-0.1, -0.05) is 28.1 Å². The molecule has 1 aliphatic rings. The highest BCUT2D eigenvalue weighted by Crippen LogP contribution is 2.30. The van der Waals surface area contributed by atoms with E-state index in [9.17, 15) is 10.0 Å². The fourth-order valence-corrected chi connectivity index (χ4v) is 4.64. The van der Waals surface area contributed by atoms with Gasteiger partial charge in [-0.25, -0.2) is 0 Å². The summed E-state index contributed by atoms with van der Waals surface area (Å²) in [5, 5.41) is 11.8. The molecule has 144 valence electrons. The third-order valence-corrected chi connectivity index (χ3v) is 6.52. The van der Waals surface area contributed by atoms with Crippen molar-refractivity contribution in [2.24, 2.45) is 0 Å². The van der Waals surface area contributed by atoms with Crippen molar-refractivity contribution in [1.82, 2.24) is 9.80 Å². The van der Waals surface area contributed by atoms with Gasteiger partial charge in [-0.05, 0) is 35.9 Å². The first-order valence-electron chi connectivity index (χ1n) is 9.14. The molecule has 1 saturated heterocycles. The number of carbonyl (C=O) groups excluding carboxylic acids is 1. The molecule has 4 rings (SSSR count). The number of thiophene rings is 1. The average Bonchev–Trinajstić information content (AvgIpc) is 3.17. The highest BCUT2D eigenvalue weighted by Gasteiger charge is 2.26. The molecule has 1 amide bonds. The van der Waals surface area contributed by atoms with Crippen LogP contribution in [0.15, 0.2) is 65.3 Å². The lowest BCUT2D eigenvalue weighted by Gasteiger charge is -2.33. The summed E-state index contributed by atoms with van der Waals surface area (Å²) in [6.07, 6.45) is 1.36. The number of rotatable bonds is 4. The number of nitrogens with zero attached hydrogens (tertiary/aromatic N) is 3. The standard InChI is InChI=1S/C21H20BrN3O2S/c22-17-6-4-16(5-7-17)20-9-8-18(28-20)15-23-11-13-24(14-12-23)21(26)19-3-1-2-10-25(19)27/h1-10H,11-15H2. The molecular formula is C21H20BrN3O2S. The summed E-state index contributed by atoms with van der Waals surface area (Å²) >= 11 is 5.28. The van der Waals surface area contributed by atoms with Crippen molar-refractivity contribution in [2.75, 3.05) is 26.2 Å². The fraction of sp³-hybridized carbons (Fsp3) is 0.238. The Labute approximate surface area is 176 Å². The van der Waals surface area contributed by atoms with E-state index in [2.05, 4.69) is 57.2 Å². The quantitative estimate of drug-likeness (QED) is 0.442. The third kappa shape index (κ3) is 4.27. The summed E-state index contributed by atoms with van der Waals surface area (Å²) in [6, 6.07) is 17.6. The second-order valence-corrected chi connectivity index (χ2v) is 8.84. The van der Waals surface area contributed by atoms with Gasteiger partial charge in [-0.15, -0.1) is 11.3 Å². The second kappa shape index (κ2) is 8.43. The minimum absolute atomic E-state index is 0.188. The summed E-state index contributed by atoms with van der Waals surface area (Å²) < 4.78 is 1.72. The lowest BCUT2D eigenvalue weighted by molar-refractivity contribution is -0.608. The zero-order chi connectivity index (χ0) is 19.5. The number of piperazine rings is 1. The monoisotopic (exact) mass is 457 g/mol. The molecule has 0 radical (unpaired) electrons. The maximum Gasteiger partial charge on any atom is 0.320 e. The number of pyridine rings is 1. The van der Waals surface area contributed by atoms with Gasteiger partial charge in [0.2, 0.25) is 0 Å². The molecule has 0 saturated carbocycles. The highest BCUT2D eigenvalue weighted by atomic mass is 79.9. The van der Waals surface area contributed by atoms with Gasteiger partial charge in [0.1, 0.15) is 0 Å². The predicted octanol–water partition coefficient (Wildman–Crippen LogP) is 3.77. The van der Waals surface area contributed by atoms with Crippen LogP contribution in [-0.2, 0) is 6.54 Å². The lowest BCUT2D eigenvalue weighted by Crippen LogP contribution is -2.50. The summed E-state index contributed by atoms with van der Waals surface area (Å²) in [5.74, 6) is -0.191. The summed E-state index contributed by atoms with van der Waals surface area (Å²) in [7, 11) is 0. The smallest absolute Gasteiger partial charge is 0.320 e. The normalized spacial score (nSPS) is 15.0. The van der Waals surface area contributed by atoms with Gasteiger partial charge in [-0.2, -0.15) is 4.73 Å². The Morgan fingerprint density at radius 3 is 2.50 bits per heavy atom. The lowest BCUT2D eigenvalue weighted by atomic mass is 10.2. The molecule has 0 unspecified atom stereocenters. The van der Waals surface area contributed by atoms with E-state index >= 15 is 0 Å². The number of hydrogen-bond donors (Lipinski definition) is 0. The zero-order valence-electron chi connectivity index (χ0n) is 15.3. The van der Waals surface area contributed by atoms with Gasteiger partial charge in [0.25, 0.3) is 5.69 Å². The van der Waals surface area contributed by atoms with Crippen LogP contribution in [-0.4, -0.2) is 41.9 Å². The van der Waals surface area contributed by atoms with Crippen molar-refractivity contribution in [3.05, 3.63) is 81.0 Å². The van der Waals surface area contributed by atoms with Gasteiger partial charge in [0.15, 0.2) is 6.20 Å². The molecule has 1 fully saturated rings. The highest BCUT2D eigenvalue weighted by molar-refractivity contribution is 9.10. The Hall–Kier alpha value is -2.22. The SMILES string of the molecule is O=C(c1cccc[n+]1[O-])N1CCN(Cc2ccc(-c3ccc(Br)cc3)s2)CC1. The minimum Gasteiger partial charge on any atom is -0.618 e. The number of aromatic nitrogens is 1. The molecule has 5 nitrogen and oxygen atoms in total. The van der Waals surface area contributed by atoms with Crippen molar-refractivity contribution in [2.45, 2.75) is 6.54 Å². The van der Waals surface area contributed by atoms with E-state index in [1.807, 2.05) is 11.3 Å². The molecule has 0 N–H and O–H groups in total. The van der Waals surface area contributed by atoms with Gasteiger partial charge >= 0.3 is 5.91 Å². The van der Waals surface area contributed by atoms with Crippen molar-refractivity contribution >= 4 is 33.2 Å². The molecule has 1 aromatic carbocycles. The number of benzene rings is 1. The van der Waals surface area contributed by atoms with Crippen LogP contribution in [0.4, 0.5) is 0 Å². The molecule has 0 atom stereocenters. The van der Waals surface area contributed by atoms with Crippen molar-refractivity contribution in [3.8, 4) is 10.4 Å². The van der Waals surface area contributed by atoms with E-state index in [1.54, 1.807) is 23.1 Å². The van der Waals surface area contributed by atoms with E-state index < -0.39 is 0 Å². The fourth-order valence-electron chi connectivity index (χ4n) is 3.32. The number of hydrogen-bond acceptors (Lipinski definition) is 4. The van der Waals surface area contributed by atoms with Crippen molar-refractivity contribution in [1.29, 1.82) is 0 Å². The summed E-state index contributed by atoms with van der Waals surface area (Å²) in [5.41, 5.74) is 1.41. The maximum absolute atomic E-state index is 12.6. The Balaban J connectivity index is 1.34. The van der Waals surface area contributed by atoms with E-state index in [4.69, 9.17) is 0 Å². The number of halogens is 1. The topological polar surface area (TPSA) is 50.5 Å². The molecule has 1 aliphatic heterocycles. The predicted molar refractivity (Wildman–Crippen MR) is 114 cm³/mol. The average molecular weight is 458 g/mol. The molecule has 3 aromatic rings. The van der Waals surface area contributed by atoms with Gasteiger partial charge in [0.05, 0.1) is 0 Å². The Bertz CT molecular complexity index is 966. The second-order valence-electron chi connectivity index (χ2n) is 6.75. The molecule has 0 bridgehead atoms. The first-order chi connectivity index (χ1) is 13.6. The first kappa shape index (κ1) is 19.1. The molecule has 0 aliphatic carbocycles. The van der Waals surface area contributed by atoms with Crippen LogP contribution < -0.4 is 4.73 Å². The van der Waals surface area contributed by atoms with E-state index in [1.165, 1.54) is 21.5 Å². The van der Waals surface area contributed by atoms with Crippen LogP contribution in [0, 0.1) is 5.21 Å². The molecule has 2 aromatic heterocycles. The van der Waals surface area contributed by atoms with Gasteiger partial charge in [-0.3, -0.25) is 9.69 Å². The van der Waals surface area contributed by atoms with Gasteiger partial charge in [0, 0.05) is 59.1 Å². The summed E-state index contributed by atoms with van der Waals surface area (Å²) in [4.78, 5) is 19.3. The minimum atomic E-state index is -0.191. The molecular weight excluding hydrogens is 438 g/mol. The Morgan fingerprint density at radius 1 is 1.04 bits per heavy atom. The Kier molecular flexibility index (Phi) is 5.75. The van der Waals surface area contributed by atoms with Gasteiger partial charge < -0.3 is 10.1 Å². The van der Waals surface area contributed by atoms with E-state index in [0.29, 0.717) is 17.8 Å². The van der Waals surface area contributed by atoms with Crippen LogP contribution in [0.1, 0.15) is 15.4 Å². The molecule has 28 heavy (non-hydrogen) atoms. The van der Waals surface area contributed by atoms with E-state index in [-0.39, 0.29) is 11.6 Å². The van der Waals surface area contributed by atoms with E-state index in [0.717, 1.165) is 24.1 Å². The molecule has 3 heterocycles. The van der Waals surface area contributed by atoms with Crippen LogP contribution >= 0.6 is 27.3 Å². The van der Waals surface area contributed by atoms with Crippen molar-refractivity contribution in [3.63, 3.8) is 0 Å². The number of carbonyl (C=O) groups is 1. The van der Waals surface area contributed by atoms with Crippen LogP contribution in [0.25, 0.3) is 10.4 Å². The van der Waals surface area contributed by atoms with Crippen LogP contribution in [0.2, 0.25) is 0 Å². The maximum atomic E-state index is 12.6. The third-order valence-electron chi connectivity index (χ3n) is 4.87. The van der Waals surface area contributed by atoms with Crippen LogP contribution in [0.5, 0.6) is 0 Å². The van der Waals surface area contributed by atoms with Crippen molar-refractivity contribution < 1.29 is 9.52 Å². The van der Waals surface area contributed by atoms with Crippen LogP contribution in [0.3, 0.4) is 0 Å².